The van der Waals surface area contributed by atoms with Gasteiger partial charge in [0.2, 0.25) is 11.7 Å². The zero-order valence-electron chi connectivity index (χ0n) is 19.9. The third-order valence-corrected chi connectivity index (χ3v) is 5.71. The van der Waals surface area contributed by atoms with E-state index in [0.717, 1.165) is 12.1 Å². The van der Waals surface area contributed by atoms with Gasteiger partial charge in [0.1, 0.15) is 16.8 Å². The zero-order chi connectivity index (χ0) is 26.0. The number of carbonyl (C=O) groups is 1. The summed E-state index contributed by atoms with van der Waals surface area (Å²) in [5, 5.41) is 11.0. The van der Waals surface area contributed by atoms with Crippen LogP contribution in [0.15, 0.2) is 47.1 Å². The number of amides is 1. The number of hydrogen-bond donors (Lipinski definition) is 1. The summed E-state index contributed by atoms with van der Waals surface area (Å²) in [5.41, 5.74) is 0.216. The van der Waals surface area contributed by atoms with E-state index in [9.17, 15) is 13.6 Å². The second kappa shape index (κ2) is 10.0. The third kappa shape index (κ3) is 5.06. The van der Waals surface area contributed by atoms with Crippen LogP contribution in [-0.4, -0.2) is 43.5 Å². The van der Waals surface area contributed by atoms with Crippen molar-refractivity contribution in [2.75, 3.05) is 6.54 Å². The first-order chi connectivity index (χ1) is 17.1. The molecule has 1 amide bonds. The molecule has 0 aliphatic rings. The van der Waals surface area contributed by atoms with Gasteiger partial charge in [-0.1, -0.05) is 22.8 Å². The standard InChI is InChI=1S/C24H23ClF2N6O3/c1-13(2)35-23-16(11-29-33(23)4)24(3,18-6-5-7-19(25)30-18)12-28-21(34)22-31-20(32-36-22)15-9-8-14(26)10-17(15)27/h5-11,13H,12H2,1-4H3,(H,28,34). The molecule has 3 heterocycles. The molecular formula is C24H23ClF2N6O3. The molecule has 1 atom stereocenters. The van der Waals surface area contributed by atoms with Gasteiger partial charge in [-0.15, -0.1) is 0 Å². The molecule has 3 aromatic heterocycles. The highest BCUT2D eigenvalue weighted by Gasteiger charge is 2.37. The molecule has 0 fully saturated rings. The predicted molar refractivity (Wildman–Crippen MR) is 127 cm³/mol. The van der Waals surface area contributed by atoms with E-state index in [-0.39, 0.29) is 35.1 Å². The quantitative estimate of drug-likeness (QED) is 0.347. The number of aromatic nitrogens is 5. The molecule has 0 bridgehead atoms. The molecule has 0 saturated heterocycles. The van der Waals surface area contributed by atoms with Crippen molar-refractivity contribution in [3.05, 3.63) is 76.5 Å². The minimum absolute atomic E-state index is 0.0297. The van der Waals surface area contributed by atoms with Crippen LogP contribution in [0.1, 0.15) is 42.7 Å². The second-order valence-corrected chi connectivity index (χ2v) is 8.95. The number of hydrogen-bond acceptors (Lipinski definition) is 7. The molecule has 36 heavy (non-hydrogen) atoms. The molecule has 9 nitrogen and oxygen atoms in total. The average molecular weight is 517 g/mol. The maximum atomic E-state index is 14.1. The van der Waals surface area contributed by atoms with Crippen molar-refractivity contribution in [1.29, 1.82) is 0 Å². The van der Waals surface area contributed by atoms with Crippen LogP contribution in [0.3, 0.4) is 0 Å². The lowest BCUT2D eigenvalue weighted by Gasteiger charge is -2.30. The Kier molecular flexibility index (Phi) is 7.02. The molecule has 0 aliphatic heterocycles. The molecule has 4 rings (SSSR count). The molecule has 0 aliphatic carbocycles. The van der Waals surface area contributed by atoms with E-state index in [1.807, 2.05) is 20.8 Å². The fraction of sp³-hybridized carbons (Fsp3) is 0.292. The van der Waals surface area contributed by atoms with Gasteiger partial charge in [0, 0.05) is 25.2 Å². The first kappa shape index (κ1) is 25.2. The summed E-state index contributed by atoms with van der Waals surface area (Å²) in [4.78, 5) is 21.3. The zero-order valence-corrected chi connectivity index (χ0v) is 20.7. The lowest BCUT2D eigenvalue weighted by molar-refractivity contribution is 0.0902. The van der Waals surface area contributed by atoms with Crippen LogP contribution >= 0.6 is 11.6 Å². The molecule has 4 aromatic rings. The van der Waals surface area contributed by atoms with Gasteiger partial charge in [-0.2, -0.15) is 10.1 Å². The van der Waals surface area contributed by atoms with Gasteiger partial charge >= 0.3 is 11.8 Å². The third-order valence-electron chi connectivity index (χ3n) is 5.50. The number of nitrogens with one attached hydrogen (secondary N) is 1. The lowest BCUT2D eigenvalue weighted by atomic mass is 9.80. The van der Waals surface area contributed by atoms with Crippen LogP contribution in [0.5, 0.6) is 5.88 Å². The minimum Gasteiger partial charge on any atom is -0.475 e. The maximum absolute atomic E-state index is 14.1. The van der Waals surface area contributed by atoms with E-state index in [0.29, 0.717) is 23.2 Å². The number of carbonyl (C=O) groups excluding carboxylic acids is 1. The van der Waals surface area contributed by atoms with Crippen LogP contribution in [-0.2, 0) is 12.5 Å². The highest BCUT2D eigenvalue weighted by Crippen LogP contribution is 2.37. The van der Waals surface area contributed by atoms with E-state index in [1.54, 1.807) is 36.1 Å². The number of benzene rings is 1. The summed E-state index contributed by atoms with van der Waals surface area (Å²) < 4.78 is 39.9. The molecule has 12 heteroatoms. The summed E-state index contributed by atoms with van der Waals surface area (Å²) >= 11 is 6.17. The maximum Gasteiger partial charge on any atom is 0.316 e. The van der Waals surface area contributed by atoms with Gasteiger partial charge in [0.05, 0.1) is 29.0 Å². The van der Waals surface area contributed by atoms with E-state index in [4.69, 9.17) is 20.9 Å². The van der Waals surface area contributed by atoms with Gasteiger partial charge in [0.25, 0.3) is 0 Å². The number of aryl methyl sites for hydroxylation is 1. The Morgan fingerprint density at radius 1 is 1.25 bits per heavy atom. The monoisotopic (exact) mass is 516 g/mol. The van der Waals surface area contributed by atoms with Crippen LogP contribution in [0.25, 0.3) is 11.4 Å². The Morgan fingerprint density at radius 3 is 2.72 bits per heavy atom. The van der Waals surface area contributed by atoms with Crippen LogP contribution in [0, 0.1) is 11.6 Å². The fourth-order valence-corrected chi connectivity index (χ4v) is 3.80. The summed E-state index contributed by atoms with van der Waals surface area (Å²) in [6, 6.07) is 8.10. The Labute approximate surface area is 210 Å². The molecule has 0 radical (unpaired) electrons. The largest absolute Gasteiger partial charge is 0.475 e. The molecule has 188 valence electrons. The minimum atomic E-state index is -0.926. The van der Waals surface area contributed by atoms with Crippen molar-refractivity contribution in [3.63, 3.8) is 0 Å². The Morgan fingerprint density at radius 2 is 2.03 bits per heavy atom. The summed E-state index contributed by atoms with van der Waals surface area (Å²) in [6.07, 6.45) is 1.52. The highest BCUT2D eigenvalue weighted by molar-refractivity contribution is 6.29. The number of halogens is 3. The van der Waals surface area contributed by atoms with Gasteiger partial charge in [0.15, 0.2) is 0 Å². The summed E-state index contributed by atoms with van der Waals surface area (Å²) in [7, 11) is 1.75. The summed E-state index contributed by atoms with van der Waals surface area (Å²) in [6.45, 7) is 5.68. The van der Waals surface area contributed by atoms with Gasteiger partial charge in [-0.25, -0.2) is 18.4 Å². The lowest BCUT2D eigenvalue weighted by Crippen LogP contribution is -2.40. The SMILES string of the molecule is CC(C)Oc1c(C(C)(CNC(=O)c2nc(-c3ccc(F)cc3F)no2)c2cccc(Cl)n2)cnn1C. The van der Waals surface area contributed by atoms with Gasteiger partial charge < -0.3 is 14.6 Å². The van der Waals surface area contributed by atoms with E-state index in [1.165, 1.54) is 0 Å². The van der Waals surface area contributed by atoms with Crippen molar-refractivity contribution in [1.82, 2.24) is 30.2 Å². The van der Waals surface area contributed by atoms with E-state index >= 15 is 0 Å². The Bertz CT molecular complexity index is 1410. The summed E-state index contributed by atoms with van der Waals surface area (Å²) in [5.74, 6) is -2.38. The predicted octanol–water partition coefficient (Wildman–Crippen LogP) is 4.32. The molecule has 0 spiro atoms. The van der Waals surface area contributed by atoms with Crippen molar-refractivity contribution in [2.24, 2.45) is 7.05 Å². The fourth-order valence-electron chi connectivity index (χ4n) is 3.64. The van der Waals surface area contributed by atoms with Gasteiger partial charge in [-0.05, 0) is 45.0 Å². The van der Waals surface area contributed by atoms with Crippen LogP contribution in [0.4, 0.5) is 8.78 Å². The first-order valence-corrected chi connectivity index (χ1v) is 11.4. The molecular weight excluding hydrogens is 494 g/mol. The Balaban J connectivity index is 1.64. The molecule has 1 unspecified atom stereocenters. The second-order valence-electron chi connectivity index (χ2n) is 8.56. The van der Waals surface area contributed by atoms with Crippen molar-refractivity contribution in [3.8, 4) is 17.3 Å². The van der Waals surface area contributed by atoms with Crippen molar-refractivity contribution >= 4 is 17.5 Å². The number of pyridine rings is 1. The molecule has 1 N–H and O–H groups in total. The van der Waals surface area contributed by atoms with E-state index < -0.39 is 23.0 Å². The van der Waals surface area contributed by atoms with Crippen molar-refractivity contribution in [2.45, 2.75) is 32.3 Å². The highest BCUT2D eigenvalue weighted by atomic mass is 35.5. The Hall–Kier alpha value is -3.86. The van der Waals surface area contributed by atoms with Crippen molar-refractivity contribution < 1.29 is 22.8 Å². The van der Waals surface area contributed by atoms with Crippen LogP contribution < -0.4 is 10.1 Å². The van der Waals surface area contributed by atoms with Gasteiger partial charge in [-0.3, -0.25) is 4.79 Å². The normalized spacial score (nSPS) is 13.0. The smallest absolute Gasteiger partial charge is 0.316 e. The number of nitrogens with zero attached hydrogens (tertiary/aromatic N) is 5. The number of ether oxygens (including phenoxy) is 1. The topological polar surface area (TPSA) is 108 Å². The van der Waals surface area contributed by atoms with Crippen LogP contribution in [0.2, 0.25) is 5.15 Å². The first-order valence-electron chi connectivity index (χ1n) is 11.0. The number of rotatable bonds is 8. The molecule has 1 aromatic carbocycles. The average Bonchev–Trinajstić information content (AvgIpc) is 3.45. The van der Waals surface area contributed by atoms with E-state index in [2.05, 4.69) is 25.5 Å². The molecule has 0 saturated carbocycles.